The lowest BCUT2D eigenvalue weighted by atomic mass is 9.99. The van der Waals surface area contributed by atoms with Crippen LogP contribution in [0.4, 0.5) is 0 Å². The molecule has 2 heterocycles. The van der Waals surface area contributed by atoms with Crippen molar-refractivity contribution >= 4 is 0 Å². The fourth-order valence-electron chi connectivity index (χ4n) is 2.20. The van der Waals surface area contributed by atoms with Crippen molar-refractivity contribution in [3.8, 4) is 0 Å². The van der Waals surface area contributed by atoms with Gasteiger partial charge >= 0.3 is 0 Å². The first-order valence-electron chi connectivity index (χ1n) is 5.31. The molecular formula is C10H18O6. The van der Waals surface area contributed by atoms with Crippen molar-refractivity contribution in [1.29, 1.82) is 0 Å². The molecule has 2 rings (SSSR count). The number of ether oxygens (including phenoxy) is 4. The lowest BCUT2D eigenvalue weighted by Crippen LogP contribution is -2.57. The molecule has 0 unspecified atom stereocenters. The van der Waals surface area contributed by atoms with Crippen LogP contribution in [0.1, 0.15) is 13.8 Å². The summed E-state index contributed by atoms with van der Waals surface area (Å²) in [5, 5.41) is 19.2. The molecule has 5 atom stereocenters. The standard InChI is InChI=1S/C10H18O6/c1-10(2)15-7-5(4-11)14-9(13-3)6(12)8(7)16-10/h5-9,11-12H,4H2,1-3H3/t5-,6+,7+,8-,9+/m1/s1. The molecule has 16 heavy (non-hydrogen) atoms. The smallest absolute Gasteiger partial charge is 0.186 e. The van der Waals surface area contributed by atoms with Crippen LogP contribution >= 0.6 is 0 Å². The Kier molecular flexibility index (Phi) is 3.22. The molecule has 0 radical (unpaired) electrons. The van der Waals surface area contributed by atoms with E-state index >= 15 is 0 Å². The third-order valence-corrected chi connectivity index (χ3v) is 2.87. The summed E-state index contributed by atoms with van der Waals surface area (Å²) in [5.41, 5.74) is 0. The molecule has 0 aromatic heterocycles. The van der Waals surface area contributed by atoms with Gasteiger partial charge < -0.3 is 29.2 Å². The summed E-state index contributed by atoms with van der Waals surface area (Å²) in [5.74, 6) is -0.782. The van der Waals surface area contributed by atoms with E-state index in [0.29, 0.717) is 0 Å². The fraction of sp³-hybridized carbons (Fsp3) is 1.00. The van der Waals surface area contributed by atoms with Gasteiger partial charge in [0.2, 0.25) is 0 Å². The highest BCUT2D eigenvalue weighted by molar-refractivity contribution is 4.96. The summed E-state index contributed by atoms with van der Waals surface area (Å²) in [6.45, 7) is 3.32. The van der Waals surface area contributed by atoms with Crippen molar-refractivity contribution in [3.63, 3.8) is 0 Å². The van der Waals surface area contributed by atoms with Gasteiger partial charge in [-0.15, -0.1) is 0 Å². The Morgan fingerprint density at radius 1 is 1.25 bits per heavy atom. The maximum atomic E-state index is 9.95. The molecule has 0 saturated carbocycles. The number of aliphatic hydroxyl groups excluding tert-OH is 2. The first-order chi connectivity index (χ1) is 7.48. The Balaban J connectivity index is 2.18. The molecule has 2 saturated heterocycles. The normalized spacial score (nSPS) is 46.7. The summed E-state index contributed by atoms with van der Waals surface area (Å²) >= 11 is 0. The number of hydrogen-bond donors (Lipinski definition) is 2. The van der Waals surface area contributed by atoms with Gasteiger partial charge in [0.05, 0.1) is 6.61 Å². The van der Waals surface area contributed by atoms with Crippen molar-refractivity contribution in [2.24, 2.45) is 0 Å². The first-order valence-corrected chi connectivity index (χ1v) is 5.31. The van der Waals surface area contributed by atoms with E-state index in [1.165, 1.54) is 7.11 Å². The quantitative estimate of drug-likeness (QED) is 0.653. The molecule has 94 valence electrons. The molecule has 6 heteroatoms. The van der Waals surface area contributed by atoms with E-state index < -0.39 is 36.5 Å². The van der Waals surface area contributed by atoms with Crippen LogP contribution in [0.5, 0.6) is 0 Å². The zero-order chi connectivity index (χ0) is 11.9. The summed E-state index contributed by atoms with van der Waals surface area (Å²) < 4.78 is 21.6. The molecule has 2 aliphatic rings. The van der Waals surface area contributed by atoms with Crippen LogP contribution < -0.4 is 0 Å². The Morgan fingerprint density at radius 3 is 2.44 bits per heavy atom. The Bertz CT molecular complexity index is 256. The van der Waals surface area contributed by atoms with Gasteiger partial charge in [-0.1, -0.05) is 0 Å². The molecule has 0 aromatic carbocycles. The molecule has 2 aliphatic heterocycles. The lowest BCUT2D eigenvalue weighted by Gasteiger charge is -2.38. The maximum absolute atomic E-state index is 9.95. The zero-order valence-corrected chi connectivity index (χ0v) is 9.62. The van der Waals surface area contributed by atoms with E-state index in [1.807, 2.05) is 0 Å². The monoisotopic (exact) mass is 234 g/mol. The van der Waals surface area contributed by atoms with E-state index in [-0.39, 0.29) is 6.61 Å². The van der Waals surface area contributed by atoms with Gasteiger partial charge in [-0.2, -0.15) is 0 Å². The second-order valence-electron chi connectivity index (χ2n) is 4.52. The second kappa shape index (κ2) is 4.21. The number of methoxy groups -OCH3 is 1. The number of fused-ring (bicyclic) bond motifs is 1. The lowest BCUT2D eigenvalue weighted by molar-refractivity contribution is -0.274. The Hall–Kier alpha value is -0.240. The van der Waals surface area contributed by atoms with E-state index in [0.717, 1.165) is 0 Å². The number of aliphatic hydroxyl groups is 2. The number of rotatable bonds is 2. The summed E-state index contributed by atoms with van der Waals surface area (Å²) in [6, 6.07) is 0. The van der Waals surface area contributed by atoms with Crippen LogP contribution in [-0.4, -0.2) is 60.4 Å². The predicted molar refractivity (Wildman–Crippen MR) is 52.6 cm³/mol. The molecule has 2 fully saturated rings. The van der Waals surface area contributed by atoms with Crippen molar-refractivity contribution in [2.75, 3.05) is 13.7 Å². The van der Waals surface area contributed by atoms with Crippen molar-refractivity contribution in [3.05, 3.63) is 0 Å². The van der Waals surface area contributed by atoms with Gasteiger partial charge in [0, 0.05) is 7.11 Å². The highest BCUT2D eigenvalue weighted by Gasteiger charge is 2.54. The largest absolute Gasteiger partial charge is 0.394 e. The first kappa shape index (κ1) is 12.2. The van der Waals surface area contributed by atoms with Crippen LogP contribution in [0.2, 0.25) is 0 Å². The molecule has 6 nitrogen and oxygen atoms in total. The molecule has 0 aromatic rings. The molecular weight excluding hydrogens is 216 g/mol. The molecule has 0 bridgehead atoms. The minimum Gasteiger partial charge on any atom is -0.394 e. The van der Waals surface area contributed by atoms with Crippen LogP contribution in [0.25, 0.3) is 0 Å². The second-order valence-corrected chi connectivity index (χ2v) is 4.52. The Morgan fingerprint density at radius 2 is 1.88 bits per heavy atom. The fourth-order valence-corrected chi connectivity index (χ4v) is 2.20. The number of hydrogen-bond acceptors (Lipinski definition) is 6. The predicted octanol–water partition coefficient (Wildman–Crippen LogP) is -0.769. The third kappa shape index (κ3) is 1.97. The van der Waals surface area contributed by atoms with Crippen LogP contribution in [0, 0.1) is 0 Å². The highest BCUT2D eigenvalue weighted by Crippen LogP contribution is 2.37. The van der Waals surface area contributed by atoms with Gasteiger partial charge in [-0.25, -0.2) is 0 Å². The van der Waals surface area contributed by atoms with Gasteiger partial charge in [0.25, 0.3) is 0 Å². The van der Waals surface area contributed by atoms with Gasteiger partial charge in [0.1, 0.15) is 24.4 Å². The minimum absolute atomic E-state index is 0.201. The Labute approximate surface area is 94.1 Å². The van der Waals surface area contributed by atoms with Gasteiger partial charge in [-0.05, 0) is 13.8 Å². The SMILES string of the molecule is CO[C@H]1O[C@H](CO)[C@@H]2OC(C)(C)O[C@@H]2[C@@H]1O. The zero-order valence-electron chi connectivity index (χ0n) is 9.62. The van der Waals surface area contributed by atoms with Crippen LogP contribution in [0.15, 0.2) is 0 Å². The average Bonchev–Trinajstić information content (AvgIpc) is 2.55. The van der Waals surface area contributed by atoms with Crippen LogP contribution in [0.3, 0.4) is 0 Å². The van der Waals surface area contributed by atoms with E-state index in [1.54, 1.807) is 13.8 Å². The maximum Gasteiger partial charge on any atom is 0.186 e. The molecule has 2 N–H and O–H groups in total. The van der Waals surface area contributed by atoms with Crippen molar-refractivity contribution < 1.29 is 29.2 Å². The minimum atomic E-state index is -0.917. The molecule has 0 aliphatic carbocycles. The summed E-state index contributed by atoms with van der Waals surface area (Å²) in [6.07, 6.45) is -3.26. The average molecular weight is 234 g/mol. The summed E-state index contributed by atoms with van der Waals surface area (Å²) in [4.78, 5) is 0. The van der Waals surface area contributed by atoms with Crippen molar-refractivity contribution in [1.82, 2.24) is 0 Å². The summed E-state index contributed by atoms with van der Waals surface area (Å²) in [7, 11) is 1.43. The van der Waals surface area contributed by atoms with E-state index in [9.17, 15) is 10.2 Å². The van der Waals surface area contributed by atoms with Crippen molar-refractivity contribution in [2.45, 2.75) is 50.3 Å². The molecule has 0 amide bonds. The van der Waals surface area contributed by atoms with E-state index in [2.05, 4.69) is 0 Å². The topological polar surface area (TPSA) is 77.4 Å². The highest BCUT2D eigenvalue weighted by atomic mass is 16.8. The van der Waals surface area contributed by atoms with Gasteiger partial charge in [-0.3, -0.25) is 0 Å². The van der Waals surface area contributed by atoms with E-state index in [4.69, 9.17) is 18.9 Å². The molecule has 0 spiro atoms. The van der Waals surface area contributed by atoms with Crippen LogP contribution in [-0.2, 0) is 18.9 Å². The third-order valence-electron chi connectivity index (χ3n) is 2.87. The van der Waals surface area contributed by atoms with Gasteiger partial charge in [0.15, 0.2) is 12.1 Å².